The van der Waals surface area contributed by atoms with E-state index in [1.165, 1.54) is 98.7 Å². The predicted molar refractivity (Wildman–Crippen MR) is 202 cm³/mol. The molecule has 0 N–H and O–H groups in total. The molecular weight excluding hydrogens is 565 g/mol. The fourth-order valence-electron chi connectivity index (χ4n) is 8.42. The summed E-state index contributed by atoms with van der Waals surface area (Å²) in [4.78, 5) is 0. The quantitative estimate of drug-likeness (QED) is 0.178. The topological polar surface area (TPSA) is 0 Å². The molecule has 0 bridgehead atoms. The first-order chi connectivity index (χ1) is 23.0. The number of benzene rings is 9. The van der Waals surface area contributed by atoms with Crippen molar-refractivity contribution in [2.24, 2.45) is 0 Å². The van der Waals surface area contributed by atoms with Crippen molar-refractivity contribution >= 4 is 43.1 Å². The Balaban J connectivity index is 1.21. The summed E-state index contributed by atoms with van der Waals surface area (Å²) >= 11 is 0. The van der Waals surface area contributed by atoms with Gasteiger partial charge in [0.25, 0.3) is 0 Å². The zero-order chi connectivity index (χ0) is 31.3. The fraction of sp³-hybridized carbons (Fsp3) is 0.0638. The van der Waals surface area contributed by atoms with Gasteiger partial charge in [0.05, 0.1) is 0 Å². The van der Waals surface area contributed by atoms with Crippen molar-refractivity contribution < 1.29 is 0 Å². The lowest BCUT2D eigenvalue weighted by molar-refractivity contribution is 0.661. The van der Waals surface area contributed by atoms with E-state index < -0.39 is 0 Å². The summed E-state index contributed by atoms with van der Waals surface area (Å²) in [7, 11) is 0. The van der Waals surface area contributed by atoms with Crippen LogP contribution in [0.2, 0.25) is 0 Å². The highest BCUT2D eigenvalue weighted by molar-refractivity contribution is 6.25. The summed E-state index contributed by atoms with van der Waals surface area (Å²) in [6.07, 6.45) is 0. The van der Waals surface area contributed by atoms with Crippen molar-refractivity contribution in [2.45, 2.75) is 19.3 Å². The zero-order valence-electron chi connectivity index (χ0n) is 26.5. The molecule has 220 valence electrons. The van der Waals surface area contributed by atoms with Gasteiger partial charge < -0.3 is 0 Å². The van der Waals surface area contributed by atoms with Crippen LogP contribution in [-0.2, 0) is 5.41 Å². The van der Waals surface area contributed by atoms with Crippen molar-refractivity contribution in [3.05, 3.63) is 169 Å². The Morgan fingerprint density at radius 1 is 0.340 bits per heavy atom. The molecule has 0 unspecified atom stereocenters. The maximum absolute atomic E-state index is 2.46. The number of rotatable bonds is 3. The minimum absolute atomic E-state index is 0.0867. The molecule has 0 amide bonds. The van der Waals surface area contributed by atoms with E-state index >= 15 is 0 Å². The van der Waals surface area contributed by atoms with Gasteiger partial charge in [-0.05, 0) is 123 Å². The van der Waals surface area contributed by atoms with Crippen molar-refractivity contribution in [1.82, 2.24) is 0 Å². The highest BCUT2D eigenvalue weighted by atomic mass is 14.4. The maximum Gasteiger partial charge on any atom is 0.0159 e. The number of fused-ring (bicyclic) bond motifs is 5. The Bertz CT molecular complexity index is 2670. The van der Waals surface area contributed by atoms with Crippen LogP contribution in [0, 0.1) is 0 Å². The predicted octanol–water partition coefficient (Wildman–Crippen LogP) is 13.0. The SMILES string of the molecule is CC1(C)c2cc(-c3cc(-c4ccccc4)cc(-c4ccc5ccc6cccc7ccc4c5c67)c3)ccc2-c2c1ccc1ccccc21. The monoisotopic (exact) mass is 596 g/mol. The smallest absolute Gasteiger partial charge is 0.0159 e. The summed E-state index contributed by atoms with van der Waals surface area (Å²) in [6, 6.07) is 59.0. The van der Waals surface area contributed by atoms with Gasteiger partial charge in [0.2, 0.25) is 0 Å². The molecule has 0 aromatic heterocycles. The third-order valence-electron chi connectivity index (χ3n) is 10.8. The van der Waals surface area contributed by atoms with Crippen LogP contribution < -0.4 is 0 Å². The Labute approximate surface area is 274 Å². The van der Waals surface area contributed by atoms with Gasteiger partial charge in [-0.15, -0.1) is 0 Å². The van der Waals surface area contributed by atoms with Gasteiger partial charge in [0.1, 0.15) is 0 Å². The van der Waals surface area contributed by atoms with E-state index in [4.69, 9.17) is 0 Å². The summed E-state index contributed by atoms with van der Waals surface area (Å²) in [5.74, 6) is 0. The van der Waals surface area contributed by atoms with Crippen LogP contribution in [0.4, 0.5) is 0 Å². The lowest BCUT2D eigenvalue weighted by Gasteiger charge is -2.22. The standard InChI is InChI=1S/C47H32/c1-47(2)42-24-20-30-11-6-7-14-39(30)46(42)41-23-19-34(28-43(41)47)36-25-35(29-9-4-3-5-10-29)26-37(27-36)38-21-17-33-16-15-31-12-8-13-32-18-22-40(38)45(33)44(31)32/h3-28H,1-2H3. The molecule has 0 atom stereocenters. The molecule has 1 aliphatic rings. The van der Waals surface area contributed by atoms with E-state index in [-0.39, 0.29) is 5.41 Å². The first-order valence-electron chi connectivity index (χ1n) is 16.6. The Morgan fingerprint density at radius 2 is 0.957 bits per heavy atom. The first kappa shape index (κ1) is 26.5. The number of hydrogen-bond donors (Lipinski definition) is 0. The van der Waals surface area contributed by atoms with E-state index in [1.807, 2.05) is 0 Å². The van der Waals surface area contributed by atoms with Crippen LogP contribution >= 0.6 is 0 Å². The van der Waals surface area contributed by atoms with Crippen LogP contribution in [0.3, 0.4) is 0 Å². The molecule has 0 nitrogen and oxygen atoms in total. The van der Waals surface area contributed by atoms with Crippen LogP contribution in [0.15, 0.2) is 158 Å². The number of hydrogen-bond acceptors (Lipinski definition) is 0. The lowest BCUT2D eigenvalue weighted by atomic mass is 9.81. The summed E-state index contributed by atoms with van der Waals surface area (Å²) in [5.41, 5.74) is 13.0. The van der Waals surface area contributed by atoms with Gasteiger partial charge in [-0.1, -0.05) is 147 Å². The van der Waals surface area contributed by atoms with Gasteiger partial charge in [0, 0.05) is 5.41 Å². The van der Waals surface area contributed by atoms with Gasteiger partial charge in [-0.25, -0.2) is 0 Å². The second-order valence-electron chi connectivity index (χ2n) is 13.7. The van der Waals surface area contributed by atoms with Crippen LogP contribution in [0.1, 0.15) is 25.0 Å². The maximum atomic E-state index is 2.46. The average molecular weight is 597 g/mol. The summed E-state index contributed by atoms with van der Waals surface area (Å²) < 4.78 is 0. The van der Waals surface area contributed by atoms with Crippen LogP contribution in [0.25, 0.3) is 87.6 Å². The van der Waals surface area contributed by atoms with E-state index in [9.17, 15) is 0 Å². The van der Waals surface area contributed by atoms with Gasteiger partial charge in [0.15, 0.2) is 0 Å². The molecule has 10 rings (SSSR count). The van der Waals surface area contributed by atoms with E-state index in [0.29, 0.717) is 0 Å². The second-order valence-corrected chi connectivity index (χ2v) is 13.7. The molecule has 0 saturated heterocycles. The molecule has 0 heterocycles. The Hall–Kier alpha value is -5.72. The minimum Gasteiger partial charge on any atom is -0.0622 e. The van der Waals surface area contributed by atoms with Crippen molar-refractivity contribution in [3.63, 3.8) is 0 Å². The van der Waals surface area contributed by atoms with Gasteiger partial charge in [-0.2, -0.15) is 0 Å². The molecule has 0 radical (unpaired) electrons. The van der Waals surface area contributed by atoms with E-state index in [2.05, 4.69) is 172 Å². The van der Waals surface area contributed by atoms with Gasteiger partial charge >= 0.3 is 0 Å². The second kappa shape index (κ2) is 9.64. The molecular formula is C47H32. The molecule has 47 heavy (non-hydrogen) atoms. The fourth-order valence-corrected chi connectivity index (χ4v) is 8.42. The highest BCUT2D eigenvalue weighted by Gasteiger charge is 2.36. The first-order valence-corrected chi connectivity index (χ1v) is 16.6. The van der Waals surface area contributed by atoms with Crippen LogP contribution in [-0.4, -0.2) is 0 Å². The normalized spacial score (nSPS) is 13.5. The summed E-state index contributed by atoms with van der Waals surface area (Å²) in [6.45, 7) is 4.76. The van der Waals surface area contributed by atoms with Crippen molar-refractivity contribution in [1.29, 1.82) is 0 Å². The molecule has 9 aromatic rings. The summed E-state index contributed by atoms with van der Waals surface area (Å²) in [5, 5.41) is 10.5. The Morgan fingerprint density at radius 3 is 1.79 bits per heavy atom. The largest absolute Gasteiger partial charge is 0.0622 e. The molecule has 0 fully saturated rings. The van der Waals surface area contributed by atoms with Crippen molar-refractivity contribution in [2.75, 3.05) is 0 Å². The molecule has 0 saturated carbocycles. The van der Waals surface area contributed by atoms with E-state index in [0.717, 1.165) is 0 Å². The lowest BCUT2D eigenvalue weighted by Crippen LogP contribution is -2.15. The average Bonchev–Trinajstić information content (AvgIpc) is 3.36. The zero-order valence-corrected chi connectivity index (χ0v) is 26.5. The van der Waals surface area contributed by atoms with Crippen LogP contribution in [0.5, 0.6) is 0 Å². The minimum atomic E-state index is -0.0867. The molecule has 9 aromatic carbocycles. The Kier molecular flexibility index (Phi) is 5.44. The molecule has 0 heteroatoms. The third kappa shape index (κ3) is 3.82. The van der Waals surface area contributed by atoms with Crippen molar-refractivity contribution in [3.8, 4) is 44.5 Å². The highest BCUT2D eigenvalue weighted by Crippen LogP contribution is 2.52. The molecule has 0 aliphatic heterocycles. The molecule has 0 spiro atoms. The van der Waals surface area contributed by atoms with E-state index in [1.54, 1.807) is 0 Å². The molecule has 1 aliphatic carbocycles. The van der Waals surface area contributed by atoms with Gasteiger partial charge in [-0.3, -0.25) is 0 Å². The third-order valence-corrected chi connectivity index (χ3v) is 10.8.